The Kier molecular flexibility index (Phi) is 4.70. The quantitative estimate of drug-likeness (QED) is 0.672. The predicted molar refractivity (Wildman–Crippen MR) is 76.7 cm³/mol. The van der Waals surface area contributed by atoms with E-state index in [0.29, 0.717) is 17.0 Å². The number of pyridine rings is 1. The number of para-hydroxylation sites is 1. The van der Waals surface area contributed by atoms with Crippen molar-refractivity contribution in [3.05, 3.63) is 58.4 Å². The third-order valence-corrected chi connectivity index (χ3v) is 3.82. The van der Waals surface area contributed by atoms with Crippen LogP contribution in [0.3, 0.4) is 0 Å². The van der Waals surface area contributed by atoms with E-state index >= 15 is 0 Å². The highest BCUT2D eigenvalue weighted by atomic mass is 32.2. The number of rotatable bonds is 5. The van der Waals surface area contributed by atoms with Crippen LogP contribution in [0, 0.1) is 10.1 Å². The van der Waals surface area contributed by atoms with Crippen LogP contribution in [-0.4, -0.2) is 15.0 Å². The Morgan fingerprint density at radius 1 is 1.35 bits per heavy atom. The van der Waals surface area contributed by atoms with Gasteiger partial charge in [-0.05, 0) is 24.6 Å². The summed E-state index contributed by atoms with van der Waals surface area (Å²) < 4.78 is 0. The van der Waals surface area contributed by atoms with Gasteiger partial charge < -0.3 is 5.11 Å². The summed E-state index contributed by atoms with van der Waals surface area (Å²) in [5.74, 6) is 0. The van der Waals surface area contributed by atoms with Crippen molar-refractivity contribution in [1.82, 2.24) is 4.98 Å². The third-order valence-electron chi connectivity index (χ3n) is 2.78. The number of hydrogen-bond donors (Lipinski definition) is 1. The first-order chi connectivity index (χ1) is 9.61. The van der Waals surface area contributed by atoms with Crippen molar-refractivity contribution in [3.8, 4) is 0 Å². The molecule has 0 aliphatic rings. The van der Waals surface area contributed by atoms with Crippen molar-refractivity contribution in [1.29, 1.82) is 0 Å². The molecule has 0 bridgehead atoms. The lowest BCUT2D eigenvalue weighted by atomic mass is 10.2. The Balaban J connectivity index is 2.20. The number of benzene rings is 1. The summed E-state index contributed by atoms with van der Waals surface area (Å²) in [5.41, 5.74) is 0.689. The highest BCUT2D eigenvalue weighted by molar-refractivity contribution is 7.99. The SMILES string of the molecule is CCC(O)c1ccc(Sc2ccccc2[N+](=O)[O-])cn1. The summed E-state index contributed by atoms with van der Waals surface area (Å²) in [5, 5.41) is 20.6. The summed E-state index contributed by atoms with van der Waals surface area (Å²) in [4.78, 5) is 16.1. The molecule has 104 valence electrons. The molecule has 1 aromatic heterocycles. The first-order valence-corrected chi connectivity index (χ1v) is 6.98. The molecule has 2 rings (SSSR count). The maximum Gasteiger partial charge on any atom is 0.283 e. The fourth-order valence-electron chi connectivity index (χ4n) is 1.68. The first-order valence-electron chi connectivity index (χ1n) is 6.17. The van der Waals surface area contributed by atoms with Crippen LogP contribution in [0.5, 0.6) is 0 Å². The molecule has 0 saturated heterocycles. The van der Waals surface area contributed by atoms with Crippen LogP contribution in [0.2, 0.25) is 0 Å². The van der Waals surface area contributed by atoms with Gasteiger partial charge in [-0.15, -0.1) is 0 Å². The molecular weight excluding hydrogens is 276 g/mol. The monoisotopic (exact) mass is 290 g/mol. The van der Waals surface area contributed by atoms with E-state index in [1.807, 2.05) is 13.0 Å². The zero-order valence-electron chi connectivity index (χ0n) is 10.9. The number of hydrogen-bond acceptors (Lipinski definition) is 5. The molecule has 0 aliphatic carbocycles. The van der Waals surface area contributed by atoms with Gasteiger partial charge in [-0.3, -0.25) is 15.1 Å². The third kappa shape index (κ3) is 3.34. The highest BCUT2D eigenvalue weighted by Gasteiger charge is 2.14. The second-order valence-electron chi connectivity index (χ2n) is 4.17. The van der Waals surface area contributed by atoms with Crippen LogP contribution >= 0.6 is 11.8 Å². The van der Waals surface area contributed by atoms with Gasteiger partial charge in [0.15, 0.2) is 0 Å². The fraction of sp³-hybridized carbons (Fsp3) is 0.214. The summed E-state index contributed by atoms with van der Waals surface area (Å²) in [7, 11) is 0. The molecule has 0 aliphatic heterocycles. The molecule has 2 aromatic rings. The largest absolute Gasteiger partial charge is 0.387 e. The average molecular weight is 290 g/mol. The van der Waals surface area contributed by atoms with Gasteiger partial charge in [0.25, 0.3) is 5.69 Å². The summed E-state index contributed by atoms with van der Waals surface area (Å²) in [6, 6.07) is 10.1. The molecule has 5 nitrogen and oxygen atoms in total. The van der Waals surface area contributed by atoms with Crippen molar-refractivity contribution < 1.29 is 10.0 Å². The maximum absolute atomic E-state index is 10.9. The van der Waals surface area contributed by atoms with Crippen molar-refractivity contribution in [3.63, 3.8) is 0 Å². The minimum Gasteiger partial charge on any atom is -0.387 e. The summed E-state index contributed by atoms with van der Waals surface area (Å²) in [6.45, 7) is 1.88. The normalized spacial score (nSPS) is 12.1. The second-order valence-corrected chi connectivity index (χ2v) is 5.29. The molecule has 20 heavy (non-hydrogen) atoms. The lowest BCUT2D eigenvalue weighted by Gasteiger charge is -2.07. The van der Waals surface area contributed by atoms with Crippen molar-refractivity contribution in [2.75, 3.05) is 0 Å². The molecule has 1 N–H and O–H groups in total. The number of nitrogens with zero attached hydrogens (tertiary/aromatic N) is 2. The molecule has 0 radical (unpaired) electrons. The van der Waals surface area contributed by atoms with Crippen LogP contribution in [0.25, 0.3) is 0 Å². The fourth-order valence-corrected chi connectivity index (χ4v) is 2.57. The Morgan fingerprint density at radius 2 is 2.10 bits per heavy atom. The average Bonchev–Trinajstić information content (AvgIpc) is 2.47. The van der Waals surface area contributed by atoms with Gasteiger partial charge in [0, 0.05) is 17.2 Å². The number of aromatic nitrogens is 1. The van der Waals surface area contributed by atoms with Gasteiger partial charge in [-0.1, -0.05) is 30.8 Å². The Morgan fingerprint density at radius 3 is 2.70 bits per heavy atom. The smallest absolute Gasteiger partial charge is 0.283 e. The number of nitro groups is 1. The lowest BCUT2D eigenvalue weighted by molar-refractivity contribution is -0.387. The summed E-state index contributed by atoms with van der Waals surface area (Å²) in [6.07, 6.45) is 1.65. The molecule has 0 spiro atoms. The van der Waals surface area contributed by atoms with E-state index in [2.05, 4.69) is 4.98 Å². The topological polar surface area (TPSA) is 76.3 Å². The number of aliphatic hydroxyl groups is 1. The number of aliphatic hydroxyl groups excluding tert-OH is 1. The van der Waals surface area contributed by atoms with Gasteiger partial charge in [-0.2, -0.15) is 0 Å². The zero-order valence-corrected chi connectivity index (χ0v) is 11.7. The molecular formula is C14H14N2O3S. The minimum atomic E-state index is -0.569. The highest BCUT2D eigenvalue weighted by Crippen LogP contribution is 2.34. The van der Waals surface area contributed by atoms with Crippen molar-refractivity contribution in [2.24, 2.45) is 0 Å². The van der Waals surface area contributed by atoms with E-state index in [1.54, 1.807) is 30.5 Å². The molecule has 1 heterocycles. The van der Waals surface area contributed by atoms with Gasteiger partial charge in [0.2, 0.25) is 0 Å². The molecule has 0 amide bonds. The van der Waals surface area contributed by atoms with Crippen LogP contribution in [-0.2, 0) is 0 Å². The van der Waals surface area contributed by atoms with Crippen LogP contribution in [0.4, 0.5) is 5.69 Å². The van der Waals surface area contributed by atoms with Gasteiger partial charge in [0.1, 0.15) is 0 Å². The minimum absolute atomic E-state index is 0.0789. The summed E-state index contributed by atoms with van der Waals surface area (Å²) >= 11 is 1.28. The molecule has 1 unspecified atom stereocenters. The second kappa shape index (κ2) is 6.49. The Hall–Kier alpha value is -1.92. The molecule has 0 fully saturated rings. The van der Waals surface area contributed by atoms with E-state index in [-0.39, 0.29) is 5.69 Å². The van der Waals surface area contributed by atoms with Crippen molar-refractivity contribution in [2.45, 2.75) is 29.2 Å². The maximum atomic E-state index is 10.9. The molecule has 1 atom stereocenters. The Labute approximate surface area is 120 Å². The van der Waals surface area contributed by atoms with E-state index in [9.17, 15) is 15.2 Å². The predicted octanol–water partition coefficient (Wildman–Crippen LogP) is 3.58. The van der Waals surface area contributed by atoms with E-state index in [0.717, 1.165) is 4.90 Å². The van der Waals surface area contributed by atoms with E-state index < -0.39 is 11.0 Å². The van der Waals surface area contributed by atoms with E-state index in [4.69, 9.17) is 0 Å². The van der Waals surface area contributed by atoms with Crippen molar-refractivity contribution >= 4 is 17.4 Å². The van der Waals surface area contributed by atoms with Crippen LogP contribution < -0.4 is 0 Å². The van der Waals surface area contributed by atoms with Crippen LogP contribution in [0.15, 0.2) is 52.4 Å². The van der Waals surface area contributed by atoms with Gasteiger partial charge in [-0.25, -0.2) is 0 Å². The first kappa shape index (κ1) is 14.5. The lowest BCUT2D eigenvalue weighted by Crippen LogP contribution is -1.98. The van der Waals surface area contributed by atoms with Gasteiger partial charge >= 0.3 is 0 Å². The van der Waals surface area contributed by atoms with Crippen LogP contribution in [0.1, 0.15) is 25.1 Å². The Bertz CT molecular complexity index is 602. The van der Waals surface area contributed by atoms with Gasteiger partial charge in [0.05, 0.1) is 21.6 Å². The molecule has 0 saturated carbocycles. The standard InChI is InChI=1S/C14H14N2O3S/c1-2-13(17)11-8-7-10(9-15-11)20-14-6-4-3-5-12(14)16(18)19/h3-9,13,17H,2H2,1H3. The number of nitro benzene ring substituents is 1. The van der Waals surface area contributed by atoms with E-state index in [1.165, 1.54) is 17.8 Å². The zero-order chi connectivity index (χ0) is 14.5. The molecule has 6 heteroatoms. The molecule has 1 aromatic carbocycles.